The number of aromatic carboxylic acids is 1. The van der Waals surface area contributed by atoms with Gasteiger partial charge in [0.05, 0.1) is 28.3 Å². The van der Waals surface area contributed by atoms with Gasteiger partial charge in [-0.05, 0) is 77.3 Å². The molecule has 0 bridgehead atoms. The van der Waals surface area contributed by atoms with Crippen molar-refractivity contribution in [1.29, 1.82) is 0 Å². The predicted octanol–water partition coefficient (Wildman–Crippen LogP) is 7.03. The second-order valence-electron chi connectivity index (χ2n) is 11.0. The van der Waals surface area contributed by atoms with E-state index in [2.05, 4.69) is 75.3 Å². The van der Waals surface area contributed by atoms with E-state index in [-0.39, 0.29) is 16.4 Å². The van der Waals surface area contributed by atoms with Gasteiger partial charge < -0.3 is 15.3 Å². The van der Waals surface area contributed by atoms with E-state index >= 15 is 0 Å². The van der Waals surface area contributed by atoms with E-state index in [0.29, 0.717) is 0 Å². The zero-order valence-electron chi connectivity index (χ0n) is 21.4. The van der Waals surface area contributed by atoms with Gasteiger partial charge in [0.15, 0.2) is 0 Å². The number of carbonyl (C=O) groups is 1. The van der Waals surface area contributed by atoms with E-state index in [1.165, 1.54) is 11.1 Å². The molecule has 2 aliphatic rings. The van der Waals surface area contributed by atoms with Gasteiger partial charge in [0.2, 0.25) is 0 Å². The van der Waals surface area contributed by atoms with E-state index in [1.54, 1.807) is 12.1 Å². The van der Waals surface area contributed by atoms with Crippen molar-refractivity contribution in [3.05, 3.63) is 82.4 Å². The van der Waals surface area contributed by atoms with Crippen molar-refractivity contribution in [2.24, 2.45) is 4.99 Å². The zero-order valence-corrected chi connectivity index (χ0v) is 21.4. The fourth-order valence-electron chi connectivity index (χ4n) is 5.42. The SMILES string of the molecule is CNc1ccc2c(c1)N=C(c1ccc(C(=O)O)cc1)c1cc3c(cc1N2C)C(C)(C)CCC3(C)C. The highest BCUT2D eigenvalue weighted by molar-refractivity contribution is 6.19. The Balaban J connectivity index is 1.82. The number of benzene rings is 3. The van der Waals surface area contributed by atoms with Crippen LogP contribution in [0.3, 0.4) is 0 Å². The van der Waals surface area contributed by atoms with Gasteiger partial charge in [-0.1, -0.05) is 39.8 Å². The van der Waals surface area contributed by atoms with Gasteiger partial charge in [0.1, 0.15) is 0 Å². The number of fused-ring (bicyclic) bond motifs is 3. The van der Waals surface area contributed by atoms with Crippen LogP contribution in [0.4, 0.5) is 22.7 Å². The van der Waals surface area contributed by atoms with Crippen molar-refractivity contribution in [2.75, 3.05) is 24.3 Å². The predicted molar refractivity (Wildman–Crippen MR) is 144 cm³/mol. The smallest absolute Gasteiger partial charge is 0.335 e. The van der Waals surface area contributed by atoms with Crippen LogP contribution in [0, 0.1) is 0 Å². The first-order valence-corrected chi connectivity index (χ1v) is 12.2. The topological polar surface area (TPSA) is 64.9 Å². The van der Waals surface area contributed by atoms with Crippen molar-refractivity contribution in [2.45, 2.75) is 51.4 Å². The summed E-state index contributed by atoms with van der Waals surface area (Å²) in [7, 11) is 4.01. The highest BCUT2D eigenvalue weighted by atomic mass is 16.4. The molecule has 0 amide bonds. The molecule has 0 saturated carbocycles. The van der Waals surface area contributed by atoms with Crippen molar-refractivity contribution < 1.29 is 9.90 Å². The summed E-state index contributed by atoms with van der Waals surface area (Å²) in [6.45, 7) is 9.36. The van der Waals surface area contributed by atoms with Crippen LogP contribution < -0.4 is 10.2 Å². The van der Waals surface area contributed by atoms with Crippen molar-refractivity contribution >= 4 is 34.4 Å². The molecule has 2 N–H and O–H groups in total. The Morgan fingerprint density at radius 1 is 0.914 bits per heavy atom. The molecule has 5 heteroatoms. The Morgan fingerprint density at radius 2 is 1.54 bits per heavy atom. The van der Waals surface area contributed by atoms with Gasteiger partial charge in [-0.15, -0.1) is 0 Å². The number of rotatable bonds is 3. The number of hydrogen-bond donors (Lipinski definition) is 2. The molecule has 0 saturated heterocycles. The van der Waals surface area contributed by atoms with Crippen LogP contribution in [0.5, 0.6) is 0 Å². The van der Waals surface area contributed by atoms with Gasteiger partial charge in [0.25, 0.3) is 0 Å². The quantitative estimate of drug-likeness (QED) is 0.434. The van der Waals surface area contributed by atoms with E-state index in [0.717, 1.165) is 52.4 Å². The number of nitrogens with zero attached hydrogens (tertiary/aromatic N) is 2. The first-order chi connectivity index (χ1) is 16.5. The third-order valence-corrected chi connectivity index (χ3v) is 7.85. The summed E-state index contributed by atoms with van der Waals surface area (Å²) in [4.78, 5) is 18.9. The van der Waals surface area contributed by atoms with Gasteiger partial charge in [-0.3, -0.25) is 0 Å². The summed E-state index contributed by atoms with van der Waals surface area (Å²) >= 11 is 0. The lowest BCUT2D eigenvalue weighted by Crippen LogP contribution is -2.34. The number of carboxylic acid groups (broad SMARTS) is 1. The summed E-state index contributed by atoms with van der Waals surface area (Å²) in [5.74, 6) is -0.929. The fourth-order valence-corrected chi connectivity index (χ4v) is 5.42. The molecule has 0 radical (unpaired) electrons. The molecule has 1 heterocycles. The largest absolute Gasteiger partial charge is 0.478 e. The third kappa shape index (κ3) is 3.79. The molecular weight excluding hydrogens is 434 g/mol. The zero-order chi connectivity index (χ0) is 25.1. The fraction of sp³-hybridized carbons (Fsp3) is 0.333. The molecular formula is C30H33N3O2. The average molecular weight is 468 g/mol. The Hall–Kier alpha value is -3.60. The monoisotopic (exact) mass is 467 g/mol. The minimum atomic E-state index is -0.929. The maximum absolute atomic E-state index is 11.5. The molecule has 3 aromatic carbocycles. The van der Waals surface area contributed by atoms with Crippen LogP contribution >= 0.6 is 0 Å². The molecule has 0 aromatic heterocycles. The Kier molecular flexibility index (Phi) is 5.28. The Labute approximate surface area is 207 Å². The number of aliphatic imine (C=N–C) groups is 1. The molecule has 0 spiro atoms. The minimum Gasteiger partial charge on any atom is -0.478 e. The Morgan fingerprint density at radius 3 is 2.14 bits per heavy atom. The molecule has 5 nitrogen and oxygen atoms in total. The normalized spacial score (nSPS) is 17.4. The second-order valence-corrected chi connectivity index (χ2v) is 11.0. The van der Waals surface area contributed by atoms with E-state index in [4.69, 9.17) is 4.99 Å². The highest BCUT2D eigenvalue weighted by Gasteiger charge is 2.39. The van der Waals surface area contributed by atoms with Crippen molar-refractivity contribution in [3.63, 3.8) is 0 Å². The van der Waals surface area contributed by atoms with Crippen LogP contribution in [-0.2, 0) is 10.8 Å². The molecule has 1 aliphatic carbocycles. The first kappa shape index (κ1) is 23.2. The highest BCUT2D eigenvalue weighted by Crippen LogP contribution is 2.50. The number of hydrogen-bond acceptors (Lipinski definition) is 4. The van der Waals surface area contributed by atoms with Crippen molar-refractivity contribution in [3.8, 4) is 0 Å². The molecule has 0 atom stereocenters. The van der Waals surface area contributed by atoms with Gasteiger partial charge in [-0.2, -0.15) is 0 Å². The molecule has 3 aromatic rings. The summed E-state index contributed by atoms with van der Waals surface area (Å²) < 4.78 is 0. The van der Waals surface area contributed by atoms with Crippen LogP contribution in [0.2, 0.25) is 0 Å². The van der Waals surface area contributed by atoms with Crippen LogP contribution in [0.25, 0.3) is 0 Å². The molecule has 35 heavy (non-hydrogen) atoms. The molecule has 180 valence electrons. The summed E-state index contributed by atoms with van der Waals surface area (Å²) in [6, 6.07) is 18.0. The van der Waals surface area contributed by atoms with Crippen LogP contribution in [-0.4, -0.2) is 30.9 Å². The molecule has 5 rings (SSSR count). The van der Waals surface area contributed by atoms with Gasteiger partial charge in [0, 0.05) is 30.9 Å². The summed E-state index contributed by atoms with van der Waals surface area (Å²) in [6.07, 6.45) is 2.28. The van der Waals surface area contributed by atoms with E-state index in [9.17, 15) is 9.90 Å². The summed E-state index contributed by atoms with van der Waals surface area (Å²) in [5, 5.41) is 12.6. The first-order valence-electron chi connectivity index (χ1n) is 12.2. The van der Waals surface area contributed by atoms with Crippen molar-refractivity contribution in [1.82, 2.24) is 0 Å². The molecule has 0 unspecified atom stereocenters. The maximum Gasteiger partial charge on any atom is 0.335 e. The van der Waals surface area contributed by atoms with Crippen LogP contribution in [0.1, 0.15) is 73.1 Å². The third-order valence-electron chi connectivity index (χ3n) is 7.85. The minimum absolute atomic E-state index is 0.0647. The lowest BCUT2D eigenvalue weighted by Gasteiger charge is -2.43. The lowest BCUT2D eigenvalue weighted by molar-refractivity contribution is 0.0697. The van der Waals surface area contributed by atoms with E-state index < -0.39 is 5.97 Å². The lowest BCUT2D eigenvalue weighted by atomic mass is 9.62. The maximum atomic E-state index is 11.5. The van der Waals surface area contributed by atoms with E-state index in [1.807, 2.05) is 19.2 Å². The van der Waals surface area contributed by atoms with Gasteiger partial charge >= 0.3 is 5.97 Å². The van der Waals surface area contributed by atoms with Gasteiger partial charge in [-0.25, -0.2) is 9.79 Å². The standard InChI is InChI=1S/C30H33N3O2/c1-29(2)13-14-30(3,4)23-17-26-21(16-22(23)29)27(18-7-9-19(10-8-18)28(34)35)32-24-15-20(31-5)11-12-25(24)33(26)6/h7-12,15-17,31H,13-14H2,1-6H3,(H,34,35). The number of nitrogens with one attached hydrogen (secondary N) is 1. The summed E-state index contributed by atoms with van der Waals surface area (Å²) in [5.41, 5.74) is 10.1. The molecule has 1 aliphatic heterocycles. The Bertz CT molecular complexity index is 1370. The number of anilines is 3. The molecule has 0 fully saturated rings. The van der Waals surface area contributed by atoms with Crippen LogP contribution in [0.15, 0.2) is 59.6 Å². The number of carboxylic acids is 1. The second kappa shape index (κ2) is 7.98. The average Bonchev–Trinajstić information content (AvgIpc) is 2.95.